The molecule has 0 aliphatic rings. The second kappa shape index (κ2) is 4.32. The van der Waals surface area contributed by atoms with Gasteiger partial charge in [-0.15, -0.1) is 0 Å². The number of methoxy groups -OCH3 is 1. The molecule has 0 fully saturated rings. The van der Waals surface area contributed by atoms with Crippen molar-refractivity contribution in [1.29, 1.82) is 0 Å². The number of ether oxygens (including phenoxy) is 1. The SMILES string of the molecule is COc1ccc(-c2cnc(CN)[nH]2)cc1F. The lowest BCUT2D eigenvalue weighted by molar-refractivity contribution is 0.386. The Morgan fingerprint density at radius 1 is 1.50 bits per heavy atom. The predicted molar refractivity (Wildman–Crippen MR) is 58.4 cm³/mol. The molecule has 0 bridgehead atoms. The zero-order valence-electron chi connectivity index (χ0n) is 8.83. The van der Waals surface area contributed by atoms with E-state index in [4.69, 9.17) is 10.5 Å². The number of hydrogen-bond donors (Lipinski definition) is 2. The third-order valence-corrected chi connectivity index (χ3v) is 2.28. The average Bonchev–Trinajstić information content (AvgIpc) is 2.77. The van der Waals surface area contributed by atoms with Gasteiger partial charge in [0.25, 0.3) is 0 Å². The maximum absolute atomic E-state index is 13.4. The Hall–Kier alpha value is -1.88. The van der Waals surface area contributed by atoms with Crippen LogP contribution in [0.2, 0.25) is 0 Å². The number of nitrogens with one attached hydrogen (secondary N) is 1. The van der Waals surface area contributed by atoms with Gasteiger partial charge in [0.15, 0.2) is 11.6 Å². The number of halogens is 1. The monoisotopic (exact) mass is 221 g/mol. The van der Waals surface area contributed by atoms with Gasteiger partial charge in [-0.3, -0.25) is 0 Å². The van der Waals surface area contributed by atoms with Crippen molar-refractivity contribution in [3.8, 4) is 17.0 Å². The van der Waals surface area contributed by atoms with Crippen LogP contribution in [0.5, 0.6) is 5.75 Å². The summed E-state index contributed by atoms with van der Waals surface area (Å²) in [6.07, 6.45) is 1.63. The van der Waals surface area contributed by atoms with Gasteiger partial charge in [0, 0.05) is 5.56 Å². The van der Waals surface area contributed by atoms with Crippen molar-refractivity contribution in [2.45, 2.75) is 6.54 Å². The zero-order chi connectivity index (χ0) is 11.5. The zero-order valence-corrected chi connectivity index (χ0v) is 8.83. The fourth-order valence-corrected chi connectivity index (χ4v) is 1.45. The Morgan fingerprint density at radius 3 is 2.88 bits per heavy atom. The fourth-order valence-electron chi connectivity index (χ4n) is 1.45. The number of aromatic nitrogens is 2. The van der Waals surface area contributed by atoms with E-state index in [9.17, 15) is 4.39 Å². The lowest BCUT2D eigenvalue weighted by Gasteiger charge is -2.03. The van der Waals surface area contributed by atoms with Crippen LogP contribution in [0.1, 0.15) is 5.82 Å². The van der Waals surface area contributed by atoms with Gasteiger partial charge in [0.1, 0.15) is 5.82 Å². The third-order valence-electron chi connectivity index (χ3n) is 2.28. The minimum Gasteiger partial charge on any atom is -0.494 e. The molecule has 0 radical (unpaired) electrons. The van der Waals surface area contributed by atoms with Gasteiger partial charge in [-0.05, 0) is 18.2 Å². The quantitative estimate of drug-likeness (QED) is 0.828. The van der Waals surface area contributed by atoms with Gasteiger partial charge >= 0.3 is 0 Å². The van der Waals surface area contributed by atoms with Gasteiger partial charge in [0.2, 0.25) is 0 Å². The van der Waals surface area contributed by atoms with Crippen LogP contribution in [0.15, 0.2) is 24.4 Å². The Labute approximate surface area is 92.3 Å². The van der Waals surface area contributed by atoms with E-state index in [2.05, 4.69) is 9.97 Å². The van der Waals surface area contributed by atoms with Gasteiger partial charge in [0.05, 0.1) is 25.5 Å². The van der Waals surface area contributed by atoms with E-state index in [0.29, 0.717) is 17.9 Å². The van der Waals surface area contributed by atoms with E-state index in [1.165, 1.54) is 13.2 Å². The fraction of sp³-hybridized carbons (Fsp3) is 0.182. The molecule has 2 aromatic rings. The van der Waals surface area contributed by atoms with Gasteiger partial charge in [-0.1, -0.05) is 0 Å². The van der Waals surface area contributed by atoms with E-state index in [0.717, 1.165) is 5.69 Å². The molecule has 0 saturated carbocycles. The van der Waals surface area contributed by atoms with Crippen molar-refractivity contribution in [3.63, 3.8) is 0 Å². The molecule has 0 aliphatic heterocycles. The topological polar surface area (TPSA) is 63.9 Å². The number of hydrogen-bond acceptors (Lipinski definition) is 3. The lowest BCUT2D eigenvalue weighted by Crippen LogP contribution is -1.97. The van der Waals surface area contributed by atoms with Crippen molar-refractivity contribution in [1.82, 2.24) is 9.97 Å². The van der Waals surface area contributed by atoms with E-state index < -0.39 is 5.82 Å². The molecule has 3 N–H and O–H groups in total. The maximum Gasteiger partial charge on any atom is 0.165 e. The first kappa shape index (κ1) is 10.6. The molecule has 1 aromatic heterocycles. The Morgan fingerprint density at radius 2 is 2.31 bits per heavy atom. The highest BCUT2D eigenvalue weighted by Gasteiger charge is 2.07. The van der Waals surface area contributed by atoms with Crippen molar-refractivity contribution in [2.24, 2.45) is 5.73 Å². The molecule has 5 heteroatoms. The normalized spacial score (nSPS) is 10.4. The summed E-state index contributed by atoms with van der Waals surface area (Å²) in [6.45, 7) is 0.332. The first-order valence-electron chi connectivity index (χ1n) is 4.82. The van der Waals surface area contributed by atoms with Crippen LogP contribution in [0.25, 0.3) is 11.3 Å². The largest absolute Gasteiger partial charge is 0.494 e. The summed E-state index contributed by atoms with van der Waals surface area (Å²) in [4.78, 5) is 7.05. The minimum atomic E-state index is -0.399. The summed E-state index contributed by atoms with van der Waals surface area (Å²) in [6, 6.07) is 4.73. The van der Waals surface area contributed by atoms with Crippen LogP contribution in [0.4, 0.5) is 4.39 Å². The van der Waals surface area contributed by atoms with Gasteiger partial charge in [-0.2, -0.15) is 0 Å². The van der Waals surface area contributed by atoms with Crippen LogP contribution >= 0.6 is 0 Å². The molecular weight excluding hydrogens is 209 g/mol. The second-order valence-corrected chi connectivity index (χ2v) is 3.30. The summed E-state index contributed by atoms with van der Waals surface area (Å²) in [5, 5.41) is 0. The van der Waals surface area contributed by atoms with Crippen LogP contribution in [0, 0.1) is 5.82 Å². The summed E-state index contributed by atoms with van der Waals surface area (Å²) < 4.78 is 18.3. The van der Waals surface area contributed by atoms with Gasteiger partial charge < -0.3 is 15.5 Å². The second-order valence-electron chi connectivity index (χ2n) is 3.30. The molecule has 84 valence electrons. The van der Waals surface area contributed by atoms with Crippen molar-refractivity contribution < 1.29 is 9.13 Å². The Kier molecular flexibility index (Phi) is 2.87. The maximum atomic E-state index is 13.4. The van der Waals surface area contributed by atoms with Crippen LogP contribution < -0.4 is 10.5 Å². The average molecular weight is 221 g/mol. The number of nitrogens with two attached hydrogens (primary N) is 1. The van der Waals surface area contributed by atoms with Crippen LogP contribution in [0.3, 0.4) is 0 Å². The molecule has 1 heterocycles. The lowest BCUT2D eigenvalue weighted by atomic mass is 10.1. The van der Waals surface area contributed by atoms with Crippen LogP contribution in [-0.2, 0) is 6.54 Å². The number of aromatic amines is 1. The number of imidazole rings is 1. The molecule has 1 aromatic carbocycles. The summed E-state index contributed by atoms with van der Waals surface area (Å²) >= 11 is 0. The van der Waals surface area contributed by atoms with E-state index in [1.807, 2.05) is 0 Å². The molecule has 0 saturated heterocycles. The van der Waals surface area contributed by atoms with E-state index in [1.54, 1.807) is 18.3 Å². The summed E-state index contributed by atoms with van der Waals surface area (Å²) in [7, 11) is 1.43. The van der Waals surface area contributed by atoms with Crippen LogP contribution in [-0.4, -0.2) is 17.1 Å². The molecule has 0 unspecified atom stereocenters. The molecule has 16 heavy (non-hydrogen) atoms. The van der Waals surface area contributed by atoms with E-state index >= 15 is 0 Å². The first-order valence-corrected chi connectivity index (χ1v) is 4.82. The molecule has 0 aliphatic carbocycles. The molecule has 4 nitrogen and oxygen atoms in total. The number of H-pyrrole nitrogens is 1. The molecule has 0 atom stereocenters. The highest BCUT2D eigenvalue weighted by atomic mass is 19.1. The molecule has 2 rings (SSSR count). The van der Waals surface area contributed by atoms with Crippen molar-refractivity contribution in [3.05, 3.63) is 36.0 Å². The first-order chi connectivity index (χ1) is 7.74. The number of nitrogens with zero attached hydrogens (tertiary/aromatic N) is 1. The third kappa shape index (κ3) is 1.90. The summed E-state index contributed by atoms with van der Waals surface area (Å²) in [5.41, 5.74) is 6.88. The summed E-state index contributed by atoms with van der Waals surface area (Å²) in [5.74, 6) is 0.498. The van der Waals surface area contributed by atoms with Crippen molar-refractivity contribution in [2.75, 3.05) is 7.11 Å². The number of rotatable bonds is 3. The van der Waals surface area contributed by atoms with E-state index in [-0.39, 0.29) is 5.75 Å². The van der Waals surface area contributed by atoms with Crippen molar-refractivity contribution >= 4 is 0 Å². The standard InChI is InChI=1S/C11H12FN3O/c1-16-10-3-2-7(4-8(10)12)9-6-14-11(5-13)15-9/h2-4,6H,5,13H2,1H3,(H,14,15). The smallest absolute Gasteiger partial charge is 0.165 e. The molecule has 0 spiro atoms. The Bertz CT molecular complexity index is 496. The minimum absolute atomic E-state index is 0.224. The molecule has 0 amide bonds. The highest BCUT2D eigenvalue weighted by Crippen LogP contribution is 2.24. The highest BCUT2D eigenvalue weighted by molar-refractivity contribution is 5.59. The van der Waals surface area contributed by atoms with Gasteiger partial charge in [-0.25, -0.2) is 9.37 Å². The predicted octanol–water partition coefficient (Wildman–Crippen LogP) is 1.68. The number of benzene rings is 1. The molecular formula is C11H12FN3O. The Balaban J connectivity index is 2.37.